The first-order chi connectivity index (χ1) is 8.40. The summed E-state index contributed by atoms with van der Waals surface area (Å²) in [5, 5.41) is 0. The van der Waals surface area contributed by atoms with Gasteiger partial charge in [0.15, 0.2) is 0 Å². The van der Waals surface area contributed by atoms with Gasteiger partial charge in [-0.3, -0.25) is 14.4 Å². The Kier molecular flexibility index (Phi) is 6.03. The average molecular weight is 257 g/mol. The Hall–Kier alpha value is -1.90. The molecule has 0 heterocycles. The zero-order valence-corrected chi connectivity index (χ0v) is 9.68. The number of nitrogens with two attached hydrogens (primary N) is 3. The molecule has 0 fully saturated rings. The van der Waals surface area contributed by atoms with Crippen molar-refractivity contribution in [2.45, 2.75) is 5.60 Å². The van der Waals surface area contributed by atoms with Gasteiger partial charge in [0.05, 0.1) is 19.6 Å². The second kappa shape index (κ2) is 6.74. The van der Waals surface area contributed by atoms with Crippen LogP contribution in [0.1, 0.15) is 0 Å². The molecule has 0 aromatic carbocycles. The van der Waals surface area contributed by atoms with Crippen LogP contribution in [0.25, 0.3) is 0 Å². The summed E-state index contributed by atoms with van der Waals surface area (Å²) in [6.45, 7) is 1.06. The summed E-state index contributed by atoms with van der Waals surface area (Å²) in [4.78, 5) is 46.3. The number of hydrogen-bond donors (Lipinski definition) is 3. The quantitative estimate of drug-likeness (QED) is 0.236. The van der Waals surface area contributed by atoms with E-state index in [4.69, 9.17) is 17.2 Å². The highest BCUT2D eigenvalue weighted by Gasteiger charge is 2.53. The van der Waals surface area contributed by atoms with Crippen molar-refractivity contribution < 1.29 is 23.9 Å². The molecule has 6 N–H and O–H groups in total. The first kappa shape index (κ1) is 16.1. The van der Waals surface area contributed by atoms with Gasteiger partial charge in [-0.25, -0.2) is 4.79 Å². The van der Waals surface area contributed by atoms with Crippen molar-refractivity contribution >= 4 is 23.3 Å². The highest BCUT2D eigenvalue weighted by molar-refractivity contribution is 6.30. The molecular formula is C10H15N3O5. The van der Waals surface area contributed by atoms with Crippen molar-refractivity contribution in [3.05, 3.63) is 12.7 Å². The summed E-state index contributed by atoms with van der Waals surface area (Å²) in [7, 11) is 0. The van der Waals surface area contributed by atoms with E-state index in [1.54, 1.807) is 0 Å². The molecule has 0 saturated heterocycles. The molecule has 0 aromatic heterocycles. The van der Waals surface area contributed by atoms with E-state index >= 15 is 0 Å². The Bertz CT molecular complexity index is 350. The number of Topliss-reactive ketones (excluding diaryl/α,β-unsaturated/α-hetero) is 3. The number of ketones is 3. The number of ether oxygens (including phenoxy) is 1. The molecule has 0 aliphatic carbocycles. The van der Waals surface area contributed by atoms with Crippen LogP contribution in [-0.4, -0.2) is 48.6 Å². The summed E-state index contributed by atoms with van der Waals surface area (Å²) >= 11 is 0. The van der Waals surface area contributed by atoms with Crippen molar-refractivity contribution in [3.63, 3.8) is 0 Å². The van der Waals surface area contributed by atoms with E-state index in [1.807, 2.05) is 0 Å². The third-order valence-corrected chi connectivity index (χ3v) is 2.15. The first-order valence-corrected chi connectivity index (χ1v) is 4.96. The lowest BCUT2D eigenvalue weighted by molar-refractivity contribution is -0.173. The van der Waals surface area contributed by atoms with E-state index in [2.05, 4.69) is 11.3 Å². The van der Waals surface area contributed by atoms with Crippen LogP contribution in [0, 0.1) is 0 Å². The van der Waals surface area contributed by atoms with E-state index in [1.165, 1.54) is 0 Å². The normalized spacial score (nSPS) is 10.6. The molecule has 0 aliphatic heterocycles. The smallest absolute Gasteiger partial charge is 0.332 e. The lowest BCUT2D eigenvalue weighted by Crippen LogP contribution is -2.61. The molecule has 100 valence electrons. The van der Waals surface area contributed by atoms with Crippen molar-refractivity contribution in [2.75, 3.05) is 19.6 Å². The minimum Gasteiger partial charge on any atom is -0.431 e. The minimum absolute atomic E-state index is 0.679. The fraction of sp³-hybridized carbons (Fsp3) is 0.400. The first-order valence-electron chi connectivity index (χ1n) is 4.96. The Morgan fingerprint density at radius 3 is 1.50 bits per heavy atom. The molecule has 0 radical (unpaired) electrons. The minimum atomic E-state index is -2.66. The van der Waals surface area contributed by atoms with Gasteiger partial charge in [0.1, 0.15) is 0 Å². The number of hydrogen-bond acceptors (Lipinski definition) is 8. The number of carbonyl (C=O) groups is 4. The van der Waals surface area contributed by atoms with Gasteiger partial charge in [-0.2, -0.15) is 0 Å². The third kappa shape index (κ3) is 2.86. The van der Waals surface area contributed by atoms with E-state index in [0.717, 1.165) is 0 Å². The molecule has 0 bridgehead atoms. The second-order valence-corrected chi connectivity index (χ2v) is 3.19. The molecule has 0 unspecified atom stereocenters. The van der Waals surface area contributed by atoms with Gasteiger partial charge in [0.25, 0.3) is 5.60 Å². The number of carbonyl (C=O) groups excluding carboxylic acids is 4. The molecule has 8 nitrogen and oxygen atoms in total. The standard InChI is InChI=1S/C10H15N3O5/c1-2-9(17)18-10(6(14)3-11,7(15)4-12)8(16)5-13/h2H,1,3-5,11-13H2. The molecule has 0 rings (SSSR count). The zero-order chi connectivity index (χ0) is 14.3. The lowest BCUT2D eigenvalue weighted by atomic mass is 9.87. The summed E-state index contributed by atoms with van der Waals surface area (Å²) in [5.41, 5.74) is 12.7. The number of esters is 1. The fourth-order valence-electron chi connectivity index (χ4n) is 1.26. The molecule has 0 aromatic rings. The maximum Gasteiger partial charge on any atom is 0.332 e. The van der Waals surface area contributed by atoms with Crippen LogP contribution >= 0.6 is 0 Å². The van der Waals surface area contributed by atoms with Gasteiger partial charge >= 0.3 is 5.97 Å². The van der Waals surface area contributed by atoms with Gasteiger partial charge in [-0.15, -0.1) is 0 Å². The molecule has 18 heavy (non-hydrogen) atoms. The van der Waals surface area contributed by atoms with Gasteiger partial charge in [0.2, 0.25) is 17.3 Å². The van der Waals surface area contributed by atoms with Crippen LogP contribution in [0.3, 0.4) is 0 Å². The molecule has 0 amide bonds. The van der Waals surface area contributed by atoms with Crippen LogP contribution in [0.4, 0.5) is 0 Å². The number of rotatable bonds is 8. The highest BCUT2D eigenvalue weighted by atomic mass is 16.6. The topological polar surface area (TPSA) is 156 Å². The van der Waals surface area contributed by atoms with Gasteiger partial charge in [-0.1, -0.05) is 6.58 Å². The van der Waals surface area contributed by atoms with E-state index in [0.29, 0.717) is 6.08 Å². The largest absolute Gasteiger partial charge is 0.431 e. The van der Waals surface area contributed by atoms with Crippen molar-refractivity contribution in [3.8, 4) is 0 Å². The van der Waals surface area contributed by atoms with Crippen molar-refractivity contribution in [1.82, 2.24) is 0 Å². The highest BCUT2D eigenvalue weighted by Crippen LogP contribution is 2.16. The predicted molar refractivity (Wildman–Crippen MR) is 61.2 cm³/mol. The summed E-state index contributed by atoms with van der Waals surface area (Å²) in [6, 6.07) is 0. The molecular weight excluding hydrogens is 242 g/mol. The maximum atomic E-state index is 11.7. The SMILES string of the molecule is C=CC(=O)OC(C(=O)CN)(C(=O)CN)C(=O)CN. The molecule has 0 spiro atoms. The van der Waals surface area contributed by atoms with Gasteiger partial charge < -0.3 is 21.9 Å². The molecule has 0 aliphatic rings. The Morgan fingerprint density at radius 1 is 0.944 bits per heavy atom. The summed E-state index contributed by atoms with van der Waals surface area (Å²) in [5.74, 6) is -4.36. The Morgan fingerprint density at radius 2 is 1.28 bits per heavy atom. The van der Waals surface area contributed by atoms with Crippen LogP contribution in [-0.2, 0) is 23.9 Å². The zero-order valence-electron chi connectivity index (χ0n) is 9.68. The third-order valence-electron chi connectivity index (χ3n) is 2.15. The Labute approximate surface area is 103 Å². The monoisotopic (exact) mass is 257 g/mol. The van der Waals surface area contributed by atoms with Gasteiger partial charge in [-0.05, 0) is 0 Å². The van der Waals surface area contributed by atoms with Crippen LogP contribution < -0.4 is 17.2 Å². The summed E-state index contributed by atoms with van der Waals surface area (Å²) < 4.78 is 4.60. The summed E-state index contributed by atoms with van der Waals surface area (Å²) in [6.07, 6.45) is 0.701. The predicted octanol–water partition coefficient (Wildman–Crippen LogP) is -2.96. The van der Waals surface area contributed by atoms with Gasteiger partial charge in [0, 0.05) is 6.08 Å². The lowest BCUT2D eigenvalue weighted by Gasteiger charge is -2.27. The Balaban J connectivity index is 5.76. The second-order valence-electron chi connectivity index (χ2n) is 3.19. The molecule has 8 heteroatoms. The van der Waals surface area contributed by atoms with E-state index in [-0.39, 0.29) is 0 Å². The average Bonchev–Trinajstić information content (AvgIpc) is 2.41. The van der Waals surface area contributed by atoms with Crippen molar-refractivity contribution in [1.29, 1.82) is 0 Å². The van der Waals surface area contributed by atoms with E-state index < -0.39 is 48.6 Å². The van der Waals surface area contributed by atoms with Crippen LogP contribution in [0.15, 0.2) is 12.7 Å². The fourth-order valence-corrected chi connectivity index (χ4v) is 1.26. The van der Waals surface area contributed by atoms with Crippen LogP contribution in [0.2, 0.25) is 0 Å². The van der Waals surface area contributed by atoms with Crippen molar-refractivity contribution in [2.24, 2.45) is 17.2 Å². The molecule has 0 atom stereocenters. The maximum absolute atomic E-state index is 11.7. The van der Waals surface area contributed by atoms with E-state index in [9.17, 15) is 19.2 Å². The van der Waals surface area contributed by atoms with Crippen LogP contribution in [0.5, 0.6) is 0 Å². The molecule has 0 saturated carbocycles.